The first-order chi connectivity index (χ1) is 13.4. The van der Waals surface area contributed by atoms with E-state index in [4.69, 9.17) is 9.73 Å². The average molecular weight is 397 g/mol. The second-order valence-electron chi connectivity index (χ2n) is 6.70. The van der Waals surface area contributed by atoms with Crippen molar-refractivity contribution in [1.82, 2.24) is 4.90 Å². The number of phenols is 1. The Morgan fingerprint density at radius 2 is 1.96 bits per heavy atom. The van der Waals surface area contributed by atoms with Gasteiger partial charge in [0.25, 0.3) is 5.91 Å². The normalized spacial score (nSPS) is 18.1. The van der Waals surface area contributed by atoms with Crippen LogP contribution >= 0.6 is 11.8 Å². The molecule has 1 aliphatic heterocycles. The van der Waals surface area contributed by atoms with Crippen LogP contribution in [0.5, 0.6) is 11.5 Å². The summed E-state index contributed by atoms with van der Waals surface area (Å²) >= 11 is 1.37. The molecule has 1 heterocycles. The van der Waals surface area contributed by atoms with Crippen molar-refractivity contribution in [2.45, 2.75) is 33.2 Å². The van der Waals surface area contributed by atoms with Crippen LogP contribution in [0.15, 0.2) is 52.4 Å². The van der Waals surface area contributed by atoms with Gasteiger partial charge in [0, 0.05) is 6.04 Å². The van der Waals surface area contributed by atoms with Crippen LogP contribution in [-0.2, 0) is 4.79 Å². The van der Waals surface area contributed by atoms with Crippen LogP contribution in [-0.4, -0.2) is 34.2 Å². The number of nitrogens with zero attached hydrogens (tertiary/aromatic N) is 2. The number of thioether (sulfide) groups is 1. The molecule has 0 unspecified atom stereocenters. The summed E-state index contributed by atoms with van der Waals surface area (Å²) in [6.07, 6.45) is 2.64. The summed E-state index contributed by atoms with van der Waals surface area (Å²) in [4.78, 5) is 20.1. The number of hydrogen-bond acceptors (Lipinski definition) is 5. The van der Waals surface area contributed by atoms with Crippen molar-refractivity contribution in [1.29, 1.82) is 0 Å². The summed E-state index contributed by atoms with van der Waals surface area (Å²) in [5.74, 6) is 0.382. The Kier molecular flexibility index (Phi) is 6.09. The molecule has 0 bridgehead atoms. The van der Waals surface area contributed by atoms with Crippen molar-refractivity contribution in [2.75, 3.05) is 7.11 Å². The first-order valence-corrected chi connectivity index (χ1v) is 10.00. The Balaban J connectivity index is 1.98. The van der Waals surface area contributed by atoms with E-state index in [0.29, 0.717) is 15.8 Å². The zero-order valence-corrected chi connectivity index (χ0v) is 17.3. The minimum absolute atomic E-state index is 0.0458. The maximum absolute atomic E-state index is 13.1. The van der Waals surface area contributed by atoms with Crippen LogP contribution in [0.1, 0.15) is 31.4 Å². The van der Waals surface area contributed by atoms with Gasteiger partial charge in [-0.25, -0.2) is 4.99 Å². The summed E-state index contributed by atoms with van der Waals surface area (Å²) < 4.78 is 5.16. The van der Waals surface area contributed by atoms with Gasteiger partial charge in [-0.15, -0.1) is 0 Å². The lowest BCUT2D eigenvalue weighted by atomic mass is 10.1. The number of rotatable bonds is 5. The number of aliphatic imine (C=N–C) groups is 1. The monoisotopic (exact) mass is 396 g/mol. The Labute approximate surface area is 169 Å². The zero-order chi connectivity index (χ0) is 20.3. The van der Waals surface area contributed by atoms with E-state index in [9.17, 15) is 9.90 Å². The molecule has 6 heteroatoms. The van der Waals surface area contributed by atoms with E-state index >= 15 is 0 Å². The lowest BCUT2D eigenvalue weighted by Crippen LogP contribution is -2.36. The fourth-order valence-electron chi connectivity index (χ4n) is 2.80. The molecule has 146 valence electrons. The van der Waals surface area contributed by atoms with E-state index in [0.717, 1.165) is 17.7 Å². The highest BCUT2D eigenvalue weighted by Crippen LogP contribution is 2.37. The number of amides is 1. The van der Waals surface area contributed by atoms with Gasteiger partial charge in [-0.1, -0.05) is 30.7 Å². The van der Waals surface area contributed by atoms with Crippen molar-refractivity contribution >= 4 is 34.6 Å². The van der Waals surface area contributed by atoms with Crippen LogP contribution in [0.3, 0.4) is 0 Å². The summed E-state index contributed by atoms with van der Waals surface area (Å²) in [6.45, 7) is 6.11. The predicted octanol–water partition coefficient (Wildman–Crippen LogP) is 5.11. The number of carbonyl (C=O) groups is 1. The van der Waals surface area contributed by atoms with E-state index < -0.39 is 0 Å². The van der Waals surface area contributed by atoms with Gasteiger partial charge in [-0.2, -0.15) is 0 Å². The predicted molar refractivity (Wildman–Crippen MR) is 115 cm³/mol. The number of ether oxygens (including phenoxy) is 1. The Bertz CT molecular complexity index is 935. The highest BCUT2D eigenvalue weighted by molar-refractivity contribution is 8.18. The molecule has 1 N–H and O–H groups in total. The molecule has 2 aromatic carbocycles. The third-order valence-electron chi connectivity index (χ3n) is 4.63. The van der Waals surface area contributed by atoms with Crippen LogP contribution in [0, 0.1) is 6.92 Å². The van der Waals surface area contributed by atoms with Crippen molar-refractivity contribution in [3.8, 4) is 11.5 Å². The molecule has 2 aromatic rings. The van der Waals surface area contributed by atoms with Crippen molar-refractivity contribution in [2.24, 2.45) is 4.99 Å². The van der Waals surface area contributed by atoms with Gasteiger partial charge in [0.2, 0.25) is 0 Å². The maximum Gasteiger partial charge on any atom is 0.266 e. The number of methoxy groups -OCH3 is 1. The van der Waals surface area contributed by atoms with Gasteiger partial charge in [0.1, 0.15) is 0 Å². The molecule has 1 atom stereocenters. The average Bonchev–Trinajstić information content (AvgIpc) is 2.99. The summed E-state index contributed by atoms with van der Waals surface area (Å²) in [5.41, 5.74) is 2.77. The molecule has 1 saturated heterocycles. The second-order valence-corrected chi connectivity index (χ2v) is 7.71. The number of aryl methyl sites for hydroxylation is 1. The maximum atomic E-state index is 13.1. The van der Waals surface area contributed by atoms with Crippen molar-refractivity contribution in [3.05, 3.63) is 58.5 Å². The largest absolute Gasteiger partial charge is 0.504 e. The molecule has 0 radical (unpaired) electrons. The first-order valence-electron chi connectivity index (χ1n) is 9.18. The fourth-order valence-corrected chi connectivity index (χ4v) is 3.89. The van der Waals surface area contributed by atoms with Crippen molar-refractivity contribution in [3.63, 3.8) is 0 Å². The Morgan fingerprint density at radius 1 is 1.25 bits per heavy atom. The molecule has 0 saturated carbocycles. The number of carbonyl (C=O) groups excluding carboxylic acids is 1. The van der Waals surface area contributed by atoms with E-state index in [1.54, 1.807) is 23.1 Å². The topological polar surface area (TPSA) is 62.1 Å². The van der Waals surface area contributed by atoms with E-state index in [-0.39, 0.29) is 17.7 Å². The molecule has 3 rings (SSSR count). The summed E-state index contributed by atoms with van der Waals surface area (Å²) in [6, 6.07) is 13.0. The standard InChI is InChI=1S/C22H24N2O3S/c1-5-15(3)24-21(26)20(13-16-8-11-18(25)19(12-16)27-4)28-22(24)23-17-9-6-14(2)7-10-17/h6-13,15,25H,5H2,1-4H3/b20-13+,23-22?/t15-/m1/s1. The van der Waals surface area contributed by atoms with Gasteiger partial charge in [-0.05, 0) is 67.9 Å². The Hall–Kier alpha value is -2.73. The van der Waals surface area contributed by atoms with E-state index in [1.807, 2.05) is 44.2 Å². The smallest absolute Gasteiger partial charge is 0.266 e. The van der Waals surface area contributed by atoms with E-state index in [1.165, 1.54) is 24.4 Å². The number of benzene rings is 2. The number of hydrogen-bond donors (Lipinski definition) is 1. The number of phenolic OH excluding ortho intramolecular Hbond substituents is 1. The minimum Gasteiger partial charge on any atom is -0.504 e. The fraction of sp³-hybridized carbons (Fsp3) is 0.273. The molecular weight excluding hydrogens is 372 g/mol. The highest BCUT2D eigenvalue weighted by Gasteiger charge is 2.36. The summed E-state index contributed by atoms with van der Waals surface area (Å²) in [7, 11) is 1.50. The van der Waals surface area contributed by atoms with Crippen LogP contribution in [0.25, 0.3) is 6.08 Å². The SMILES string of the molecule is CC[C@@H](C)N1C(=O)/C(=C\c2ccc(O)c(OC)c2)SC1=Nc1ccc(C)cc1. The quantitative estimate of drug-likeness (QED) is 0.713. The molecule has 0 aliphatic carbocycles. The van der Waals surface area contributed by atoms with Gasteiger partial charge < -0.3 is 9.84 Å². The molecule has 28 heavy (non-hydrogen) atoms. The van der Waals surface area contributed by atoms with Gasteiger partial charge in [-0.3, -0.25) is 9.69 Å². The third-order valence-corrected chi connectivity index (χ3v) is 5.61. The van der Waals surface area contributed by atoms with E-state index in [2.05, 4.69) is 6.92 Å². The molecular formula is C22H24N2O3S. The molecule has 1 amide bonds. The molecule has 0 spiro atoms. The number of aromatic hydroxyl groups is 1. The third kappa shape index (κ3) is 4.22. The van der Waals surface area contributed by atoms with Crippen LogP contribution < -0.4 is 4.74 Å². The summed E-state index contributed by atoms with van der Waals surface area (Å²) in [5, 5.41) is 10.5. The van der Waals surface area contributed by atoms with Gasteiger partial charge in [0.15, 0.2) is 16.7 Å². The first kappa shape index (κ1) is 20.0. The lowest BCUT2D eigenvalue weighted by Gasteiger charge is -2.22. The minimum atomic E-state index is -0.0581. The second kappa shape index (κ2) is 8.52. The zero-order valence-electron chi connectivity index (χ0n) is 16.5. The van der Waals surface area contributed by atoms with Gasteiger partial charge in [0.05, 0.1) is 17.7 Å². The molecule has 5 nitrogen and oxygen atoms in total. The molecule has 0 aromatic heterocycles. The van der Waals surface area contributed by atoms with Crippen LogP contribution in [0.4, 0.5) is 5.69 Å². The molecule has 1 fully saturated rings. The molecule has 1 aliphatic rings. The number of amidine groups is 1. The highest BCUT2D eigenvalue weighted by atomic mass is 32.2. The van der Waals surface area contributed by atoms with Crippen molar-refractivity contribution < 1.29 is 14.6 Å². The van der Waals surface area contributed by atoms with Gasteiger partial charge >= 0.3 is 0 Å². The van der Waals surface area contributed by atoms with Crippen LogP contribution in [0.2, 0.25) is 0 Å². The Morgan fingerprint density at radius 3 is 2.61 bits per heavy atom. The lowest BCUT2D eigenvalue weighted by molar-refractivity contribution is -0.123.